The minimum absolute atomic E-state index is 0.462. The van der Waals surface area contributed by atoms with Crippen LogP contribution >= 0.6 is 0 Å². The molecule has 12 heavy (non-hydrogen) atoms. The maximum atomic E-state index is 9.95. The fourth-order valence-corrected chi connectivity index (χ4v) is 1.64. The Morgan fingerprint density at radius 1 is 1.75 bits per heavy atom. The fraction of sp³-hybridized carbons (Fsp3) is 0.636. The van der Waals surface area contributed by atoms with E-state index in [0.29, 0.717) is 5.92 Å². The van der Waals surface area contributed by atoms with Gasteiger partial charge in [0.2, 0.25) is 0 Å². The molecule has 0 spiro atoms. The molecular formula is C11H18O. The van der Waals surface area contributed by atoms with E-state index in [1.165, 1.54) is 5.57 Å². The third-order valence-corrected chi connectivity index (χ3v) is 2.90. The van der Waals surface area contributed by atoms with E-state index in [9.17, 15) is 5.11 Å². The maximum Gasteiger partial charge on any atom is 0.0831 e. The lowest BCUT2D eigenvalue weighted by atomic mass is 9.77. The Balaban J connectivity index is 2.79. The van der Waals surface area contributed by atoms with Crippen LogP contribution in [0.25, 0.3) is 0 Å². The minimum Gasteiger partial charge on any atom is -0.386 e. The van der Waals surface area contributed by atoms with Crippen LogP contribution in [0.5, 0.6) is 0 Å². The number of allylic oxidation sites excluding steroid dienone is 2. The third kappa shape index (κ3) is 1.78. The van der Waals surface area contributed by atoms with Gasteiger partial charge in [0.25, 0.3) is 0 Å². The Labute approximate surface area is 74.8 Å². The van der Waals surface area contributed by atoms with E-state index >= 15 is 0 Å². The smallest absolute Gasteiger partial charge is 0.0831 e. The Bertz CT molecular complexity index is 223. The molecule has 1 nitrogen and oxygen atoms in total. The Kier molecular flexibility index (Phi) is 2.43. The summed E-state index contributed by atoms with van der Waals surface area (Å²) in [6, 6.07) is 0. The Morgan fingerprint density at radius 3 is 2.75 bits per heavy atom. The van der Waals surface area contributed by atoms with Crippen molar-refractivity contribution < 1.29 is 5.11 Å². The van der Waals surface area contributed by atoms with Crippen LogP contribution in [0.15, 0.2) is 23.8 Å². The molecule has 1 heteroatoms. The second-order valence-corrected chi connectivity index (χ2v) is 4.14. The van der Waals surface area contributed by atoms with Crippen molar-refractivity contribution in [2.45, 2.75) is 39.2 Å². The average Bonchev–Trinajstić information content (AvgIpc) is 1.94. The number of hydrogen-bond donors (Lipinski definition) is 1. The van der Waals surface area contributed by atoms with Gasteiger partial charge in [-0.15, -0.1) is 0 Å². The molecule has 68 valence electrons. The average molecular weight is 166 g/mol. The quantitative estimate of drug-likeness (QED) is 0.594. The molecule has 0 radical (unpaired) electrons. The molecule has 1 rings (SSSR count). The van der Waals surface area contributed by atoms with Gasteiger partial charge in [0.15, 0.2) is 0 Å². The second-order valence-electron chi connectivity index (χ2n) is 4.14. The molecule has 0 aromatic carbocycles. The highest BCUT2D eigenvalue weighted by Gasteiger charge is 2.30. The lowest BCUT2D eigenvalue weighted by Gasteiger charge is -2.33. The fourth-order valence-electron chi connectivity index (χ4n) is 1.64. The van der Waals surface area contributed by atoms with Crippen LogP contribution in [0.3, 0.4) is 0 Å². The molecule has 0 amide bonds. The van der Waals surface area contributed by atoms with Gasteiger partial charge in [-0.05, 0) is 45.1 Å². The molecule has 1 aliphatic rings. The molecule has 1 N–H and O–H groups in total. The van der Waals surface area contributed by atoms with Crippen LogP contribution in [0.4, 0.5) is 0 Å². The van der Waals surface area contributed by atoms with Gasteiger partial charge in [-0.2, -0.15) is 0 Å². The molecule has 0 saturated heterocycles. The largest absolute Gasteiger partial charge is 0.386 e. The van der Waals surface area contributed by atoms with Crippen molar-refractivity contribution in [2.75, 3.05) is 0 Å². The SMILES string of the molecule is C=C(C)C1CC=C(C)[C@@](C)(O)C1. The van der Waals surface area contributed by atoms with E-state index in [1.807, 2.05) is 20.8 Å². The standard InChI is InChI=1S/C11H18O/c1-8(2)10-6-5-9(3)11(4,12)7-10/h5,10,12H,1,6-7H2,2-4H3/t10?,11-/m0/s1. The summed E-state index contributed by atoms with van der Waals surface area (Å²) in [5.74, 6) is 0.462. The first kappa shape index (κ1) is 9.53. The first-order chi connectivity index (χ1) is 5.43. The first-order valence-electron chi connectivity index (χ1n) is 4.48. The van der Waals surface area contributed by atoms with Crippen LogP contribution in [-0.2, 0) is 0 Å². The van der Waals surface area contributed by atoms with E-state index in [1.54, 1.807) is 0 Å². The highest BCUT2D eigenvalue weighted by atomic mass is 16.3. The van der Waals surface area contributed by atoms with Crippen LogP contribution in [-0.4, -0.2) is 10.7 Å². The summed E-state index contributed by atoms with van der Waals surface area (Å²) in [4.78, 5) is 0. The highest BCUT2D eigenvalue weighted by Crippen LogP contribution is 2.35. The van der Waals surface area contributed by atoms with Gasteiger partial charge in [0.05, 0.1) is 5.60 Å². The third-order valence-electron chi connectivity index (χ3n) is 2.90. The number of rotatable bonds is 1. The molecule has 0 aliphatic heterocycles. The van der Waals surface area contributed by atoms with Gasteiger partial charge >= 0.3 is 0 Å². The molecule has 0 bridgehead atoms. The van der Waals surface area contributed by atoms with E-state index < -0.39 is 5.60 Å². The predicted molar refractivity (Wildman–Crippen MR) is 51.9 cm³/mol. The van der Waals surface area contributed by atoms with Gasteiger partial charge in [0.1, 0.15) is 0 Å². The minimum atomic E-state index is -0.609. The van der Waals surface area contributed by atoms with E-state index in [4.69, 9.17) is 0 Å². The number of hydrogen-bond acceptors (Lipinski definition) is 1. The van der Waals surface area contributed by atoms with E-state index in [-0.39, 0.29) is 0 Å². The molecule has 1 aliphatic carbocycles. The topological polar surface area (TPSA) is 20.2 Å². The van der Waals surface area contributed by atoms with Gasteiger partial charge in [0, 0.05) is 0 Å². The van der Waals surface area contributed by atoms with Crippen molar-refractivity contribution in [3.63, 3.8) is 0 Å². The Morgan fingerprint density at radius 2 is 2.33 bits per heavy atom. The summed E-state index contributed by atoms with van der Waals surface area (Å²) in [6.45, 7) is 9.84. The van der Waals surface area contributed by atoms with Gasteiger partial charge in [-0.25, -0.2) is 0 Å². The normalized spacial score (nSPS) is 36.0. The van der Waals surface area contributed by atoms with Crippen molar-refractivity contribution in [3.05, 3.63) is 23.8 Å². The second kappa shape index (κ2) is 3.06. The van der Waals surface area contributed by atoms with Crippen LogP contribution in [0, 0.1) is 5.92 Å². The monoisotopic (exact) mass is 166 g/mol. The zero-order valence-corrected chi connectivity index (χ0v) is 8.22. The molecular weight excluding hydrogens is 148 g/mol. The summed E-state index contributed by atoms with van der Waals surface area (Å²) in [5, 5.41) is 9.95. The molecule has 1 unspecified atom stereocenters. The summed E-state index contributed by atoms with van der Waals surface area (Å²) in [6.07, 6.45) is 3.99. The van der Waals surface area contributed by atoms with E-state index in [2.05, 4.69) is 12.7 Å². The van der Waals surface area contributed by atoms with Crippen molar-refractivity contribution in [2.24, 2.45) is 5.92 Å². The zero-order chi connectivity index (χ0) is 9.35. The van der Waals surface area contributed by atoms with Crippen molar-refractivity contribution in [1.29, 1.82) is 0 Å². The Hall–Kier alpha value is -0.560. The summed E-state index contributed by atoms with van der Waals surface area (Å²) < 4.78 is 0. The van der Waals surface area contributed by atoms with Crippen molar-refractivity contribution >= 4 is 0 Å². The lowest BCUT2D eigenvalue weighted by Crippen LogP contribution is -2.32. The predicted octanol–water partition coefficient (Wildman–Crippen LogP) is 2.67. The molecule has 0 fully saturated rings. The van der Waals surface area contributed by atoms with Crippen LogP contribution < -0.4 is 0 Å². The summed E-state index contributed by atoms with van der Waals surface area (Å²) in [7, 11) is 0. The van der Waals surface area contributed by atoms with Crippen molar-refractivity contribution in [1.82, 2.24) is 0 Å². The molecule has 0 aromatic heterocycles. The highest BCUT2D eigenvalue weighted by molar-refractivity contribution is 5.20. The van der Waals surface area contributed by atoms with Crippen LogP contribution in [0.1, 0.15) is 33.6 Å². The van der Waals surface area contributed by atoms with Gasteiger partial charge < -0.3 is 5.11 Å². The summed E-state index contributed by atoms with van der Waals surface area (Å²) >= 11 is 0. The zero-order valence-electron chi connectivity index (χ0n) is 8.22. The summed E-state index contributed by atoms with van der Waals surface area (Å²) in [5.41, 5.74) is 1.67. The molecule has 0 heterocycles. The molecule has 2 atom stereocenters. The molecule has 0 aromatic rings. The maximum absolute atomic E-state index is 9.95. The molecule has 0 saturated carbocycles. The van der Waals surface area contributed by atoms with Gasteiger partial charge in [-0.1, -0.05) is 18.2 Å². The number of aliphatic hydroxyl groups is 1. The van der Waals surface area contributed by atoms with Gasteiger partial charge in [-0.3, -0.25) is 0 Å². The van der Waals surface area contributed by atoms with Crippen molar-refractivity contribution in [3.8, 4) is 0 Å². The van der Waals surface area contributed by atoms with E-state index in [0.717, 1.165) is 18.4 Å². The van der Waals surface area contributed by atoms with Crippen LogP contribution in [0.2, 0.25) is 0 Å². The lowest BCUT2D eigenvalue weighted by molar-refractivity contribution is 0.0683. The first-order valence-corrected chi connectivity index (χ1v) is 4.48.